The van der Waals surface area contributed by atoms with Crippen LogP contribution in [0.5, 0.6) is 0 Å². The summed E-state index contributed by atoms with van der Waals surface area (Å²) in [6, 6.07) is 0. The van der Waals surface area contributed by atoms with E-state index < -0.39 is 0 Å². The van der Waals surface area contributed by atoms with E-state index in [0.717, 1.165) is 32.6 Å². The third-order valence-corrected chi connectivity index (χ3v) is 4.37. The number of carbonyl (C=O) groups is 1. The average molecular weight is 293 g/mol. The summed E-state index contributed by atoms with van der Waals surface area (Å²) >= 11 is 1.39. The second-order valence-corrected chi connectivity index (χ2v) is 6.31. The van der Waals surface area contributed by atoms with Crippen molar-refractivity contribution >= 4 is 17.2 Å². The molecule has 1 saturated heterocycles. The van der Waals surface area contributed by atoms with E-state index in [1.54, 1.807) is 11.7 Å². The summed E-state index contributed by atoms with van der Waals surface area (Å²) in [5.41, 5.74) is 3.14. The SMILES string of the molecule is CC/C=C(\C)CN1CC[C@H](CNC(=O)c2cncs2)C1. The summed E-state index contributed by atoms with van der Waals surface area (Å²) in [6.45, 7) is 8.42. The Balaban J connectivity index is 1.71. The third kappa shape index (κ3) is 4.42. The lowest BCUT2D eigenvalue weighted by Crippen LogP contribution is -2.31. The van der Waals surface area contributed by atoms with Crippen LogP contribution in [0.2, 0.25) is 0 Å². The van der Waals surface area contributed by atoms with Crippen molar-refractivity contribution in [2.24, 2.45) is 5.92 Å². The van der Waals surface area contributed by atoms with Gasteiger partial charge in [-0.25, -0.2) is 0 Å². The largest absolute Gasteiger partial charge is 0.351 e. The molecule has 1 aromatic rings. The monoisotopic (exact) mass is 293 g/mol. The molecule has 1 aromatic heterocycles. The van der Waals surface area contributed by atoms with Gasteiger partial charge < -0.3 is 5.32 Å². The summed E-state index contributed by atoms with van der Waals surface area (Å²) in [7, 11) is 0. The van der Waals surface area contributed by atoms with Crippen LogP contribution in [-0.4, -0.2) is 42.0 Å². The molecule has 1 amide bonds. The standard InChI is InChI=1S/C15H23N3OS/c1-3-4-12(2)9-18-6-5-13(10-18)7-17-15(19)14-8-16-11-20-14/h4,8,11,13H,3,5-7,9-10H2,1-2H3,(H,17,19)/b12-4+/t13-/m1/s1. The van der Waals surface area contributed by atoms with E-state index in [1.807, 2.05) is 0 Å². The summed E-state index contributed by atoms with van der Waals surface area (Å²) in [4.78, 5) is 18.9. The normalized spacial score (nSPS) is 20.3. The fourth-order valence-electron chi connectivity index (χ4n) is 2.64. The van der Waals surface area contributed by atoms with E-state index in [-0.39, 0.29) is 5.91 Å². The fourth-order valence-corrected chi connectivity index (χ4v) is 3.18. The number of thiazole rings is 1. The van der Waals surface area contributed by atoms with E-state index in [1.165, 1.54) is 23.3 Å². The Labute approximate surface area is 124 Å². The number of allylic oxidation sites excluding steroid dienone is 1. The van der Waals surface area contributed by atoms with Crippen molar-refractivity contribution in [2.75, 3.05) is 26.2 Å². The van der Waals surface area contributed by atoms with Gasteiger partial charge in [0.1, 0.15) is 4.88 Å². The Morgan fingerprint density at radius 2 is 2.50 bits per heavy atom. The molecule has 1 N–H and O–H groups in total. The summed E-state index contributed by atoms with van der Waals surface area (Å²) < 4.78 is 0. The van der Waals surface area contributed by atoms with Gasteiger partial charge in [-0.15, -0.1) is 11.3 Å². The van der Waals surface area contributed by atoms with Gasteiger partial charge in [0.25, 0.3) is 5.91 Å². The molecule has 0 aliphatic carbocycles. The van der Waals surface area contributed by atoms with Gasteiger partial charge in [0.15, 0.2) is 0 Å². The lowest BCUT2D eigenvalue weighted by Gasteiger charge is -2.16. The maximum Gasteiger partial charge on any atom is 0.263 e. The minimum atomic E-state index is 0.00742. The second-order valence-electron chi connectivity index (χ2n) is 5.42. The highest BCUT2D eigenvalue weighted by Gasteiger charge is 2.22. The number of carbonyl (C=O) groups excluding carboxylic acids is 1. The lowest BCUT2D eigenvalue weighted by molar-refractivity contribution is 0.0951. The van der Waals surface area contributed by atoms with Crippen molar-refractivity contribution in [1.82, 2.24) is 15.2 Å². The quantitative estimate of drug-likeness (QED) is 0.820. The van der Waals surface area contributed by atoms with E-state index in [2.05, 4.69) is 35.1 Å². The van der Waals surface area contributed by atoms with Crippen molar-refractivity contribution in [3.05, 3.63) is 28.2 Å². The Hall–Kier alpha value is -1.20. The summed E-state index contributed by atoms with van der Waals surface area (Å²) in [5.74, 6) is 0.578. The van der Waals surface area contributed by atoms with Crippen LogP contribution in [0.3, 0.4) is 0 Å². The fraction of sp³-hybridized carbons (Fsp3) is 0.600. The van der Waals surface area contributed by atoms with Crippen LogP contribution in [-0.2, 0) is 0 Å². The lowest BCUT2D eigenvalue weighted by atomic mass is 10.1. The van der Waals surface area contributed by atoms with Gasteiger partial charge in [0, 0.05) is 19.6 Å². The maximum absolute atomic E-state index is 11.8. The number of hydrogen-bond donors (Lipinski definition) is 1. The highest BCUT2D eigenvalue weighted by molar-refractivity contribution is 7.11. The number of aromatic nitrogens is 1. The molecule has 0 aromatic carbocycles. The Kier molecular flexibility index (Phi) is 5.73. The van der Waals surface area contributed by atoms with Crippen molar-refractivity contribution in [3.63, 3.8) is 0 Å². The first-order chi connectivity index (χ1) is 9.69. The van der Waals surface area contributed by atoms with Gasteiger partial charge in [-0.3, -0.25) is 14.7 Å². The van der Waals surface area contributed by atoms with Crippen molar-refractivity contribution in [2.45, 2.75) is 26.7 Å². The molecule has 2 rings (SSSR count). The van der Waals surface area contributed by atoms with Crippen LogP contribution < -0.4 is 5.32 Å². The molecule has 1 aliphatic rings. The van der Waals surface area contributed by atoms with Crippen LogP contribution in [0.25, 0.3) is 0 Å². The number of hydrogen-bond acceptors (Lipinski definition) is 4. The molecule has 4 nitrogen and oxygen atoms in total. The van der Waals surface area contributed by atoms with Gasteiger partial charge in [-0.2, -0.15) is 0 Å². The van der Waals surface area contributed by atoms with E-state index >= 15 is 0 Å². The highest BCUT2D eigenvalue weighted by Crippen LogP contribution is 2.17. The molecule has 1 aliphatic heterocycles. The summed E-state index contributed by atoms with van der Waals surface area (Å²) in [5, 5.41) is 3.02. The number of amides is 1. The zero-order valence-corrected chi connectivity index (χ0v) is 13.1. The van der Waals surface area contributed by atoms with Crippen molar-refractivity contribution in [3.8, 4) is 0 Å². The molecule has 1 fully saturated rings. The van der Waals surface area contributed by atoms with Crippen LogP contribution in [0.15, 0.2) is 23.4 Å². The number of likely N-dealkylation sites (tertiary alicyclic amines) is 1. The maximum atomic E-state index is 11.8. The Bertz CT molecular complexity index is 456. The molecule has 0 bridgehead atoms. The minimum absolute atomic E-state index is 0.00742. The minimum Gasteiger partial charge on any atom is -0.351 e. The molecule has 1 atom stereocenters. The van der Waals surface area contributed by atoms with Crippen LogP contribution in [0.4, 0.5) is 0 Å². The summed E-state index contributed by atoms with van der Waals surface area (Å²) in [6.07, 6.45) is 6.19. The molecule has 0 spiro atoms. The molecule has 0 unspecified atom stereocenters. The Morgan fingerprint density at radius 1 is 1.65 bits per heavy atom. The van der Waals surface area contributed by atoms with Gasteiger partial charge >= 0.3 is 0 Å². The average Bonchev–Trinajstić information content (AvgIpc) is 3.07. The van der Waals surface area contributed by atoms with Crippen LogP contribution in [0.1, 0.15) is 36.4 Å². The first kappa shape index (κ1) is 15.2. The van der Waals surface area contributed by atoms with Gasteiger partial charge in [-0.1, -0.05) is 18.6 Å². The van der Waals surface area contributed by atoms with Crippen molar-refractivity contribution in [1.29, 1.82) is 0 Å². The van der Waals surface area contributed by atoms with Crippen molar-refractivity contribution < 1.29 is 4.79 Å². The highest BCUT2D eigenvalue weighted by atomic mass is 32.1. The molecule has 2 heterocycles. The molecule has 110 valence electrons. The third-order valence-electron chi connectivity index (χ3n) is 3.60. The molecule has 0 radical (unpaired) electrons. The predicted molar refractivity (Wildman–Crippen MR) is 83.0 cm³/mol. The van der Waals surface area contributed by atoms with E-state index in [9.17, 15) is 4.79 Å². The van der Waals surface area contributed by atoms with E-state index in [4.69, 9.17) is 0 Å². The molecular formula is C15H23N3OS. The first-order valence-electron chi connectivity index (χ1n) is 7.23. The smallest absolute Gasteiger partial charge is 0.263 e. The van der Waals surface area contributed by atoms with Crippen LogP contribution >= 0.6 is 11.3 Å². The molecule has 0 saturated carbocycles. The number of rotatable bonds is 6. The van der Waals surface area contributed by atoms with E-state index in [0.29, 0.717) is 10.8 Å². The molecule has 5 heteroatoms. The van der Waals surface area contributed by atoms with Gasteiger partial charge in [-0.05, 0) is 32.2 Å². The Morgan fingerprint density at radius 3 is 3.20 bits per heavy atom. The number of nitrogens with one attached hydrogen (secondary N) is 1. The van der Waals surface area contributed by atoms with Gasteiger partial charge in [0.05, 0.1) is 11.7 Å². The number of nitrogens with zero attached hydrogens (tertiary/aromatic N) is 2. The zero-order chi connectivity index (χ0) is 14.4. The molecule has 20 heavy (non-hydrogen) atoms. The molecular weight excluding hydrogens is 270 g/mol. The zero-order valence-electron chi connectivity index (χ0n) is 12.3. The first-order valence-corrected chi connectivity index (χ1v) is 8.11. The van der Waals surface area contributed by atoms with Gasteiger partial charge in [0.2, 0.25) is 0 Å². The topological polar surface area (TPSA) is 45.2 Å². The predicted octanol–water partition coefficient (Wildman–Crippen LogP) is 2.55. The van der Waals surface area contributed by atoms with Crippen LogP contribution in [0, 0.1) is 5.92 Å². The second kappa shape index (κ2) is 7.55.